The molecule has 2 rings (SSSR count). The topological polar surface area (TPSA) is 42.2 Å². The van der Waals surface area contributed by atoms with Gasteiger partial charge in [0, 0.05) is 17.6 Å². The molecule has 108 valence electrons. The first kappa shape index (κ1) is 14.4. The summed E-state index contributed by atoms with van der Waals surface area (Å²) in [5.74, 6) is 0. The molecule has 1 aromatic heterocycles. The fourth-order valence-electron chi connectivity index (χ4n) is 2.15. The number of halogens is 3. The number of rotatable bonds is 3. The molecule has 0 aliphatic heterocycles. The molecular formula is C14H16F3N3. The average Bonchev–Trinajstić information content (AvgIpc) is 2.36. The van der Waals surface area contributed by atoms with Crippen LogP contribution in [-0.4, -0.2) is 23.7 Å². The number of alkyl halides is 3. The van der Waals surface area contributed by atoms with Gasteiger partial charge in [-0.3, -0.25) is 4.98 Å². The predicted molar refractivity (Wildman–Crippen MR) is 74.7 cm³/mol. The van der Waals surface area contributed by atoms with Crippen LogP contribution in [0.5, 0.6) is 0 Å². The number of nitrogens with two attached hydrogens (primary N) is 1. The zero-order valence-electron chi connectivity index (χ0n) is 11.3. The average molecular weight is 283 g/mol. The number of pyridine rings is 1. The third kappa shape index (κ3) is 2.95. The molecular weight excluding hydrogens is 267 g/mol. The summed E-state index contributed by atoms with van der Waals surface area (Å²) < 4.78 is 38.1. The van der Waals surface area contributed by atoms with E-state index < -0.39 is 12.7 Å². The van der Waals surface area contributed by atoms with Crippen LogP contribution in [0.2, 0.25) is 0 Å². The molecule has 2 aromatic rings. The Balaban J connectivity index is 2.51. The third-order valence-electron chi connectivity index (χ3n) is 3.09. The van der Waals surface area contributed by atoms with E-state index in [4.69, 9.17) is 5.73 Å². The highest BCUT2D eigenvalue weighted by Crippen LogP contribution is 2.33. The quantitative estimate of drug-likeness (QED) is 0.875. The Morgan fingerprint density at radius 3 is 2.55 bits per heavy atom. The van der Waals surface area contributed by atoms with Gasteiger partial charge in [0.15, 0.2) is 0 Å². The number of nitrogen functional groups attached to an aromatic ring is 1. The number of benzene rings is 1. The van der Waals surface area contributed by atoms with Crippen LogP contribution in [0.4, 0.5) is 24.5 Å². The van der Waals surface area contributed by atoms with E-state index in [0.717, 1.165) is 0 Å². The largest absolute Gasteiger partial charge is 0.405 e. The van der Waals surface area contributed by atoms with E-state index in [-0.39, 0.29) is 6.04 Å². The predicted octanol–water partition coefficient (Wildman–Crippen LogP) is 3.59. The minimum Gasteiger partial charge on any atom is -0.396 e. The standard InChI is InChI=1S/C14H16F3N3/c1-9(2)20(8-14(15,16)17)12-6-5-11-10(13(12)18)4-3-7-19-11/h3-7,9H,8,18H2,1-2H3. The van der Waals surface area contributed by atoms with Crippen molar-refractivity contribution in [1.29, 1.82) is 0 Å². The van der Waals surface area contributed by atoms with E-state index in [2.05, 4.69) is 4.98 Å². The fourth-order valence-corrected chi connectivity index (χ4v) is 2.15. The molecule has 0 saturated carbocycles. The van der Waals surface area contributed by atoms with E-state index in [1.54, 1.807) is 44.3 Å². The Bertz CT molecular complexity index is 608. The lowest BCUT2D eigenvalue weighted by atomic mass is 10.1. The molecule has 20 heavy (non-hydrogen) atoms. The van der Waals surface area contributed by atoms with Crippen LogP contribution in [0.15, 0.2) is 30.5 Å². The highest BCUT2D eigenvalue weighted by molar-refractivity contribution is 5.97. The fraction of sp³-hybridized carbons (Fsp3) is 0.357. The lowest BCUT2D eigenvalue weighted by Crippen LogP contribution is -2.39. The maximum absolute atomic E-state index is 12.7. The van der Waals surface area contributed by atoms with Gasteiger partial charge in [-0.25, -0.2) is 0 Å². The third-order valence-corrected chi connectivity index (χ3v) is 3.09. The number of aromatic nitrogens is 1. The Kier molecular flexibility index (Phi) is 3.74. The van der Waals surface area contributed by atoms with Crippen molar-refractivity contribution in [2.45, 2.75) is 26.1 Å². The van der Waals surface area contributed by atoms with Crippen molar-refractivity contribution in [3.8, 4) is 0 Å². The molecule has 1 aromatic carbocycles. The molecule has 0 aliphatic carbocycles. The lowest BCUT2D eigenvalue weighted by Gasteiger charge is -2.31. The minimum atomic E-state index is -4.28. The van der Waals surface area contributed by atoms with Gasteiger partial charge in [-0.1, -0.05) is 0 Å². The summed E-state index contributed by atoms with van der Waals surface area (Å²) in [6, 6.07) is 6.44. The van der Waals surface area contributed by atoms with Gasteiger partial charge in [-0.05, 0) is 38.1 Å². The first-order chi connectivity index (χ1) is 9.29. The second-order valence-corrected chi connectivity index (χ2v) is 4.91. The van der Waals surface area contributed by atoms with Gasteiger partial charge in [0.2, 0.25) is 0 Å². The van der Waals surface area contributed by atoms with Gasteiger partial charge in [0.25, 0.3) is 0 Å². The van der Waals surface area contributed by atoms with Crippen LogP contribution in [0.1, 0.15) is 13.8 Å². The van der Waals surface area contributed by atoms with Crippen molar-refractivity contribution in [3.63, 3.8) is 0 Å². The van der Waals surface area contributed by atoms with Crippen LogP contribution in [-0.2, 0) is 0 Å². The number of hydrogen-bond acceptors (Lipinski definition) is 3. The van der Waals surface area contributed by atoms with Gasteiger partial charge in [0.05, 0.1) is 16.9 Å². The van der Waals surface area contributed by atoms with Crippen molar-refractivity contribution in [2.24, 2.45) is 0 Å². The van der Waals surface area contributed by atoms with E-state index in [9.17, 15) is 13.2 Å². The molecule has 0 atom stereocenters. The molecule has 0 aliphatic rings. The highest BCUT2D eigenvalue weighted by Gasteiger charge is 2.32. The molecule has 1 heterocycles. The van der Waals surface area contributed by atoms with Gasteiger partial charge in [-0.15, -0.1) is 0 Å². The number of fused-ring (bicyclic) bond motifs is 1. The van der Waals surface area contributed by atoms with Crippen LogP contribution >= 0.6 is 0 Å². The smallest absolute Gasteiger partial charge is 0.396 e. The summed E-state index contributed by atoms with van der Waals surface area (Å²) in [7, 11) is 0. The number of nitrogens with zero attached hydrogens (tertiary/aromatic N) is 2. The van der Waals surface area contributed by atoms with Crippen LogP contribution in [0.3, 0.4) is 0 Å². The van der Waals surface area contributed by atoms with Crippen LogP contribution in [0, 0.1) is 0 Å². The Hall–Kier alpha value is -1.98. The SMILES string of the molecule is CC(C)N(CC(F)(F)F)c1ccc2ncccc2c1N. The number of anilines is 2. The minimum absolute atomic E-state index is 0.312. The van der Waals surface area contributed by atoms with Crippen molar-refractivity contribution >= 4 is 22.3 Å². The lowest BCUT2D eigenvalue weighted by molar-refractivity contribution is -0.120. The molecule has 0 saturated heterocycles. The molecule has 0 spiro atoms. The van der Waals surface area contributed by atoms with Crippen molar-refractivity contribution in [1.82, 2.24) is 4.98 Å². The highest BCUT2D eigenvalue weighted by atomic mass is 19.4. The Morgan fingerprint density at radius 1 is 1.25 bits per heavy atom. The summed E-state index contributed by atoms with van der Waals surface area (Å²) in [5.41, 5.74) is 7.41. The molecule has 0 bridgehead atoms. The summed E-state index contributed by atoms with van der Waals surface area (Å²) in [6.45, 7) is 2.39. The van der Waals surface area contributed by atoms with Gasteiger partial charge in [-0.2, -0.15) is 13.2 Å². The summed E-state index contributed by atoms with van der Waals surface area (Å²) in [5, 5.41) is 0.665. The van der Waals surface area contributed by atoms with Crippen LogP contribution < -0.4 is 10.6 Å². The van der Waals surface area contributed by atoms with E-state index in [1.165, 1.54) is 4.90 Å². The molecule has 0 unspecified atom stereocenters. The zero-order valence-corrected chi connectivity index (χ0v) is 11.3. The van der Waals surface area contributed by atoms with E-state index in [0.29, 0.717) is 22.3 Å². The molecule has 0 amide bonds. The van der Waals surface area contributed by atoms with Gasteiger partial charge >= 0.3 is 6.18 Å². The van der Waals surface area contributed by atoms with E-state index in [1.807, 2.05) is 0 Å². The molecule has 3 nitrogen and oxygen atoms in total. The normalized spacial score (nSPS) is 12.1. The monoisotopic (exact) mass is 283 g/mol. The second-order valence-electron chi connectivity index (χ2n) is 4.91. The summed E-state index contributed by atoms with van der Waals surface area (Å²) in [4.78, 5) is 5.39. The van der Waals surface area contributed by atoms with Gasteiger partial charge < -0.3 is 10.6 Å². The zero-order chi connectivity index (χ0) is 14.9. The van der Waals surface area contributed by atoms with E-state index >= 15 is 0 Å². The van der Waals surface area contributed by atoms with Gasteiger partial charge in [0.1, 0.15) is 6.54 Å². The molecule has 6 heteroatoms. The maximum atomic E-state index is 12.7. The first-order valence-electron chi connectivity index (χ1n) is 6.26. The summed E-state index contributed by atoms with van der Waals surface area (Å²) in [6.07, 6.45) is -2.65. The molecule has 2 N–H and O–H groups in total. The van der Waals surface area contributed by atoms with Crippen molar-refractivity contribution < 1.29 is 13.2 Å². The number of hydrogen-bond donors (Lipinski definition) is 1. The van der Waals surface area contributed by atoms with Crippen LogP contribution in [0.25, 0.3) is 10.9 Å². The van der Waals surface area contributed by atoms with Crippen molar-refractivity contribution in [3.05, 3.63) is 30.5 Å². The molecule has 0 fully saturated rings. The Morgan fingerprint density at radius 2 is 1.95 bits per heavy atom. The Labute approximate surface area is 115 Å². The van der Waals surface area contributed by atoms with Crippen molar-refractivity contribution in [2.75, 3.05) is 17.2 Å². The summed E-state index contributed by atoms with van der Waals surface area (Å²) >= 11 is 0. The molecule has 0 radical (unpaired) electrons. The second kappa shape index (κ2) is 5.19. The first-order valence-corrected chi connectivity index (χ1v) is 6.26. The maximum Gasteiger partial charge on any atom is 0.405 e.